The second kappa shape index (κ2) is 8.06. The zero-order valence-electron chi connectivity index (χ0n) is 10.0. The summed E-state index contributed by atoms with van der Waals surface area (Å²) >= 11 is 0. The molecule has 0 aromatic heterocycles. The molecule has 0 saturated carbocycles. The van der Waals surface area contributed by atoms with E-state index in [1.54, 1.807) is 0 Å². The number of primary amides is 2. The van der Waals surface area contributed by atoms with Crippen molar-refractivity contribution in [3.05, 3.63) is 0 Å². The van der Waals surface area contributed by atoms with Gasteiger partial charge in [0.2, 0.25) is 11.8 Å². The lowest BCUT2D eigenvalue weighted by atomic mass is 10.2. The molecule has 6 nitrogen and oxygen atoms in total. The Morgan fingerprint density at radius 3 is 2.19 bits per heavy atom. The van der Waals surface area contributed by atoms with Crippen LogP contribution in [-0.4, -0.2) is 48.9 Å². The van der Waals surface area contributed by atoms with Gasteiger partial charge in [-0.2, -0.15) is 0 Å². The van der Waals surface area contributed by atoms with Gasteiger partial charge in [-0.15, -0.1) is 0 Å². The topological polar surface area (TPSA) is 101 Å². The Morgan fingerprint density at radius 1 is 1.25 bits per heavy atom. The largest absolute Gasteiger partial charge is 0.370 e. The summed E-state index contributed by atoms with van der Waals surface area (Å²) in [4.78, 5) is 23.9. The van der Waals surface area contributed by atoms with Crippen molar-refractivity contribution in [3.8, 4) is 0 Å². The highest BCUT2D eigenvalue weighted by molar-refractivity contribution is 5.86. The monoisotopic (exact) mass is 230 g/mol. The molecule has 0 aliphatic heterocycles. The third-order valence-corrected chi connectivity index (χ3v) is 2.46. The minimum absolute atomic E-state index is 0.0480. The lowest BCUT2D eigenvalue weighted by Crippen LogP contribution is -2.46. The molecule has 0 bridgehead atoms. The van der Waals surface area contributed by atoms with Crippen molar-refractivity contribution in [3.63, 3.8) is 0 Å². The van der Waals surface area contributed by atoms with E-state index in [9.17, 15) is 9.59 Å². The fraction of sp³-hybridized carbons (Fsp3) is 0.800. The van der Waals surface area contributed by atoms with Crippen LogP contribution in [0.3, 0.4) is 0 Å². The summed E-state index contributed by atoms with van der Waals surface area (Å²) in [5.41, 5.74) is 10.2. The Morgan fingerprint density at radius 2 is 1.81 bits per heavy atom. The molecular formula is C10H22N4O2. The maximum absolute atomic E-state index is 11.0. The molecule has 2 amide bonds. The van der Waals surface area contributed by atoms with Gasteiger partial charge >= 0.3 is 0 Å². The number of nitrogens with zero attached hydrogens (tertiary/aromatic N) is 1. The quantitative estimate of drug-likeness (QED) is 0.455. The second-order valence-corrected chi connectivity index (χ2v) is 3.61. The summed E-state index contributed by atoms with van der Waals surface area (Å²) in [6.45, 7) is 7.47. The molecule has 1 unspecified atom stereocenters. The highest BCUT2D eigenvalue weighted by atomic mass is 16.2. The zero-order chi connectivity index (χ0) is 12.6. The fourth-order valence-electron chi connectivity index (χ4n) is 1.41. The van der Waals surface area contributed by atoms with Crippen molar-refractivity contribution >= 4 is 11.8 Å². The Bertz CT molecular complexity index is 229. The number of amides is 2. The average molecular weight is 230 g/mol. The molecule has 0 aromatic carbocycles. The molecule has 0 saturated heterocycles. The van der Waals surface area contributed by atoms with E-state index in [1.165, 1.54) is 0 Å². The van der Waals surface area contributed by atoms with E-state index in [2.05, 4.69) is 24.1 Å². The molecule has 0 fully saturated rings. The summed E-state index contributed by atoms with van der Waals surface area (Å²) in [5, 5.41) is 2.93. The van der Waals surface area contributed by atoms with Crippen LogP contribution in [0.25, 0.3) is 0 Å². The van der Waals surface area contributed by atoms with E-state index in [-0.39, 0.29) is 6.42 Å². The van der Waals surface area contributed by atoms with Crippen LogP contribution < -0.4 is 16.8 Å². The van der Waals surface area contributed by atoms with Gasteiger partial charge in [0.25, 0.3) is 0 Å². The summed E-state index contributed by atoms with van der Waals surface area (Å²) in [5.74, 6) is -1.07. The van der Waals surface area contributed by atoms with Crippen LogP contribution in [0.4, 0.5) is 0 Å². The lowest BCUT2D eigenvalue weighted by Gasteiger charge is -2.20. The van der Waals surface area contributed by atoms with Gasteiger partial charge < -0.3 is 21.7 Å². The van der Waals surface area contributed by atoms with Crippen LogP contribution in [0.15, 0.2) is 0 Å². The zero-order valence-corrected chi connectivity index (χ0v) is 10.0. The summed E-state index contributed by atoms with van der Waals surface area (Å²) in [7, 11) is 0. The molecule has 1 atom stereocenters. The molecule has 0 aromatic rings. The maximum Gasteiger partial charge on any atom is 0.235 e. The molecule has 0 spiro atoms. The van der Waals surface area contributed by atoms with Crippen LogP contribution in [0.5, 0.6) is 0 Å². The van der Waals surface area contributed by atoms with Gasteiger partial charge in [-0.3, -0.25) is 9.59 Å². The van der Waals surface area contributed by atoms with Crippen molar-refractivity contribution in [1.29, 1.82) is 0 Å². The normalized spacial score (nSPS) is 12.7. The van der Waals surface area contributed by atoms with Gasteiger partial charge in [0, 0.05) is 13.1 Å². The minimum Gasteiger partial charge on any atom is -0.370 e. The van der Waals surface area contributed by atoms with E-state index in [4.69, 9.17) is 11.5 Å². The number of carbonyl (C=O) groups is 2. The molecule has 0 heterocycles. The van der Waals surface area contributed by atoms with Crippen LogP contribution in [0.2, 0.25) is 0 Å². The smallest absolute Gasteiger partial charge is 0.235 e. The highest BCUT2D eigenvalue weighted by Crippen LogP contribution is 1.91. The number of likely N-dealkylation sites (N-methyl/N-ethyl adjacent to an activating group) is 1. The van der Waals surface area contributed by atoms with Crippen LogP contribution in [0, 0.1) is 0 Å². The fourth-order valence-corrected chi connectivity index (χ4v) is 1.41. The summed E-state index contributed by atoms with van der Waals surface area (Å²) < 4.78 is 0. The maximum atomic E-state index is 11.0. The predicted octanol–water partition coefficient (Wildman–Crippen LogP) is -1.35. The third kappa shape index (κ3) is 6.36. The van der Waals surface area contributed by atoms with Gasteiger partial charge in [0.05, 0.1) is 12.5 Å². The molecular weight excluding hydrogens is 208 g/mol. The van der Waals surface area contributed by atoms with E-state index in [0.29, 0.717) is 6.54 Å². The molecule has 0 aliphatic carbocycles. The number of hydrogen-bond acceptors (Lipinski definition) is 4. The molecule has 16 heavy (non-hydrogen) atoms. The Balaban J connectivity index is 3.93. The number of carbonyl (C=O) groups excluding carboxylic acids is 2. The number of hydrogen-bond donors (Lipinski definition) is 3. The number of rotatable bonds is 9. The van der Waals surface area contributed by atoms with E-state index in [0.717, 1.165) is 19.6 Å². The first-order chi connectivity index (χ1) is 7.51. The predicted molar refractivity (Wildman–Crippen MR) is 62.6 cm³/mol. The van der Waals surface area contributed by atoms with E-state index < -0.39 is 17.9 Å². The molecule has 6 heteroatoms. The standard InChI is InChI=1S/C10H22N4O2/c1-3-14(4-2)6-5-13-8(10(12)16)7-9(11)15/h8,13H,3-7H2,1-2H3,(H2,11,15)(H2,12,16). The Labute approximate surface area is 96.3 Å². The first-order valence-corrected chi connectivity index (χ1v) is 5.54. The van der Waals surface area contributed by atoms with Crippen molar-refractivity contribution in [2.45, 2.75) is 26.3 Å². The van der Waals surface area contributed by atoms with Crippen LogP contribution >= 0.6 is 0 Å². The molecule has 94 valence electrons. The van der Waals surface area contributed by atoms with Crippen molar-refractivity contribution in [2.24, 2.45) is 11.5 Å². The molecule has 0 radical (unpaired) electrons. The van der Waals surface area contributed by atoms with Crippen LogP contribution in [0.1, 0.15) is 20.3 Å². The van der Waals surface area contributed by atoms with E-state index >= 15 is 0 Å². The Kier molecular flexibility index (Phi) is 7.49. The minimum atomic E-state index is -0.659. The van der Waals surface area contributed by atoms with Crippen molar-refractivity contribution in [2.75, 3.05) is 26.2 Å². The van der Waals surface area contributed by atoms with Gasteiger partial charge in [-0.1, -0.05) is 13.8 Å². The SMILES string of the molecule is CCN(CC)CCNC(CC(N)=O)C(N)=O. The molecule has 5 N–H and O–H groups in total. The number of nitrogens with one attached hydrogen (secondary N) is 1. The summed E-state index contributed by atoms with van der Waals surface area (Å²) in [6, 6.07) is -0.659. The number of nitrogens with two attached hydrogens (primary N) is 2. The van der Waals surface area contributed by atoms with Crippen LogP contribution in [-0.2, 0) is 9.59 Å². The Hall–Kier alpha value is -1.14. The summed E-state index contributed by atoms with van der Waals surface area (Å²) in [6.07, 6.45) is -0.0480. The third-order valence-electron chi connectivity index (χ3n) is 2.46. The van der Waals surface area contributed by atoms with Gasteiger partial charge in [-0.05, 0) is 13.1 Å². The first-order valence-electron chi connectivity index (χ1n) is 5.54. The highest BCUT2D eigenvalue weighted by Gasteiger charge is 2.16. The second-order valence-electron chi connectivity index (χ2n) is 3.61. The van der Waals surface area contributed by atoms with E-state index in [1.807, 2.05) is 0 Å². The lowest BCUT2D eigenvalue weighted by molar-refractivity contribution is -0.125. The van der Waals surface area contributed by atoms with Crippen molar-refractivity contribution < 1.29 is 9.59 Å². The first kappa shape index (κ1) is 14.9. The van der Waals surface area contributed by atoms with Crippen molar-refractivity contribution in [1.82, 2.24) is 10.2 Å². The van der Waals surface area contributed by atoms with Gasteiger partial charge in [0.1, 0.15) is 0 Å². The molecule has 0 rings (SSSR count). The van der Waals surface area contributed by atoms with Gasteiger partial charge in [-0.25, -0.2) is 0 Å². The average Bonchev–Trinajstić information content (AvgIpc) is 2.22. The molecule has 0 aliphatic rings. The van der Waals surface area contributed by atoms with Gasteiger partial charge in [0.15, 0.2) is 0 Å².